The highest BCUT2D eigenvalue weighted by Gasteiger charge is 2.62. The lowest BCUT2D eigenvalue weighted by Gasteiger charge is -2.42. The van der Waals surface area contributed by atoms with Crippen molar-refractivity contribution in [2.45, 2.75) is 55.7 Å². The molecule has 0 radical (unpaired) electrons. The molecule has 1 aliphatic carbocycles. The molecule has 1 aliphatic heterocycles. The molecule has 22 heteroatoms. The van der Waals surface area contributed by atoms with Crippen molar-refractivity contribution in [2.75, 3.05) is 33.4 Å². The maximum absolute atomic E-state index is 13.4. The number of hydrogen-bond donors (Lipinski definition) is 2. The summed E-state index contributed by atoms with van der Waals surface area (Å²) in [5.41, 5.74) is -0.524. The lowest BCUT2D eigenvalue weighted by molar-refractivity contribution is -0.821. The molecule has 0 spiro atoms. The summed E-state index contributed by atoms with van der Waals surface area (Å²) in [6.07, 6.45) is 24.6. The van der Waals surface area contributed by atoms with Crippen LogP contribution in [0.1, 0.15) is 44.3 Å². The van der Waals surface area contributed by atoms with Crippen LogP contribution in [0.4, 0.5) is 13.2 Å². The first-order chi connectivity index (χ1) is 29.4. The predicted octanol–water partition coefficient (Wildman–Crippen LogP) is 4.03. The van der Waals surface area contributed by atoms with E-state index in [9.17, 15) is 21.6 Å². The number of halogens is 3. The Bertz CT molecular complexity index is 2880. The van der Waals surface area contributed by atoms with Gasteiger partial charge in [-0.15, -0.1) is 4.68 Å². The number of imidazole rings is 2. The zero-order valence-electron chi connectivity index (χ0n) is 33.5. The molecule has 2 fully saturated rings. The number of aromatic nitrogens is 12. The van der Waals surface area contributed by atoms with E-state index >= 15 is 0 Å². The van der Waals surface area contributed by atoms with E-state index < -0.39 is 21.1 Å². The Morgan fingerprint density at radius 3 is 2.48 bits per heavy atom. The molecule has 8 heterocycles. The van der Waals surface area contributed by atoms with Crippen LogP contribution in [0.2, 0.25) is 0 Å². The summed E-state index contributed by atoms with van der Waals surface area (Å²) in [7, 11) is -1.93. The summed E-state index contributed by atoms with van der Waals surface area (Å²) >= 11 is 0. The van der Waals surface area contributed by atoms with Gasteiger partial charge in [0.1, 0.15) is 22.7 Å². The van der Waals surface area contributed by atoms with Crippen molar-refractivity contribution < 1.29 is 31.0 Å². The monoisotopic (exact) mass is 858 g/mol. The van der Waals surface area contributed by atoms with Gasteiger partial charge in [-0.3, -0.25) is 23.2 Å². The minimum atomic E-state index is -5.48. The fourth-order valence-corrected chi connectivity index (χ4v) is 9.26. The third kappa shape index (κ3) is 7.47. The van der Waals surface area contributed by atoms with Crippen molar-refractivity contribution in [3.05, 3.63) is 86.0 Å². The van der Waals surface area contributed by atoms with Crippen molar-refractivity contribution in [3.63, 3.8) is 0 Å². The van der Waals surface area contributed by atoms with Crippen LogP contribution in [0, 0.1) is 0 Å². The minimum Gasteiger partial charge on any atom is -0.387 e. The number of allylic oxidation sites excluding steroid dienone is 1. The SMILES string of the molecule is CCOCCC1([n+]2cc(-c3nc(/C(C=NC)=C/NC4CCC(n5cc(-c6nc(-c7cnn(C)c7)cc7nccn67)cn5)C4)cc4nccn34)c[nH]2)CN(S(=O)(=O)C(F)(F)F)C1. The van der Waals surface area contributed by atoms with E-state index in [4.69, 9.17) is 19.8 Å². The van der Waals surface area contributed by atoms with Gasteiger partial charge >= 0.3 is 15.5 Å². The Balaban J connectivity index is 0.938. The fraction of sp³-hybridized carbons (Fsp3) is 0.385. The first-order valence-corrected chi connectivity index (χ1v) is 21.2. The van der Waals surface area contributed by atoms with Crippen LogP contribution in [0.15, 0.2) is 85.3 Å². The third-order valence-electron chi connectivity index (χ3n) is 11.3. The van der Waals surface area contributed by atoms with Crippen molar-refractivity contribution in [1.29, 1.82) is 0 Å². The minimum absolute atomic E-state index is 0.139. The average molecular weight is 859 g/mol. The quantitative estimate of drug-likeness (QED) is 0.0919. The number of ether oxygens (including phenoxy) is 1. The lowest BCUT2D eigenvalue weighted by Crippen LogP contribution is -2.76. The van der Waals surface area contributed by atoms with Crippen LogP contribution in [0.3, 0.4) is 0 Å². The second-order valence-electron chi connectivity index (χ2n) is 15.3. The maximum Gasteiger partial charge on any atom is 0.511 e. The number of nitrogens with zero attached hydrogens (tertiary/aromatic N) is 13. The van der Waals surface area contributed by atoms with Crippen LogP contribution >= 0.6 is 0 Å². The molecule has 0 amide bonds. The van der Waals surface area contributed by atoms with Gasteiger partial charge in [0.25, 0.3) is 0 Å². The molecule has 2 atom stereocenters. The highest BCUT2D eigenvalue weighted by atomic mass is 32.2. The molecule has 0 aromatic carbocycles. The second kappa shape index (κ2) is 15.6. The molecule has 0 bridgehead atoms. The zero-order chi connectivity index (χ0) is 42.5. The van der Waals surface area contributed by atoms with E-state index in [0.717, 1.165) is 47.6 Å². The van der Waals surface area contributed by atoms with Crippen LogP contribution in [-0.4, -0.2) is 117 Å². The number of aromatic amines is 1. The maximum atomic E-state index is 13.4. The molecule has 9 rings (SSSR count). The Labute approximate surface area is 347 Å². The number of aryl methyl sites for hydroxylation is 1. The molecular formula is C39H43F3N15O3S+. The number of rotatable bonds is 14. The number of hydrogen-bond acceptors (Lipinski definition) is 11. The van der Waals surface area contributed by atoms with E-state index in [0.29, 0.717) is 39.2 Å². The highest BCUT2D eigenvalue weighted by molar-refractivity contribution is 7.90. The summed E-state index contributed by atoms with van der Waals surface area (Å²) in [4.78, 5) is 23.4. The zero-order valence-corrected chi connectivity index (χ0v) is 34.3. The number of nitrogens with one attached hydrogen (secondary N) is 2. The van der Waals surface area contributed by atoms with Gasteiger partial charge in [-0.05, 0) is 26.2 Å². The lowest BCUT2D eigenvalue weighted by atomic mass is 9.89. The van der Waals surface area contributed by atoms with Crippen molar-refractivity contribution in [2.24, 2.45) is 12.0 Å². The van der Waals surface area contributed by atoms with Crippen molar-refractivity contribution in [3.8, 4) is 34.0 Å². The molecular weight excluding hydrogens is 816 g/mol. The second-order valence-corrected chi connectivity index (χ2v) is 17.2. The molecule has 7 aromatic rings. The van der Waals surface area contributed by atoms with Gasteiger partial charge in [-0.1, -0.05) is 0 Å². The van der Waals surface area contributed by atoms with E-state index in [-0.39, 0.29) is 38.2 Å². The molecule has 18 nitrogen and oxygen atoms in total. The summed E-state index contributed by atoms with van der Waals surface area (Å²) in [5, 5.41) is 15.8. The average Bonchev–Trinajstić information content (AvgIpc) is 4.07. The largest absolute Gasteiger partial charge is 0.511 e. The van der Waals surface area contributed by atoms with E-state index in [1.54, 1.807) is 59.8 Å². The molecule has 318 valence electrons. The number of H-pyrrole nitrogens is 1. The van der Waals surface area contributed by atoms with Crippen LogP contribution in [0.5, 0.6) is 0 Å². The standard InChI is InChI=1S/C39H42F3N15O3S/c1-4-60-12-7-38(24-53(25-38)61(58,59)39(40,41)42)57-23-29(20-49-57)37-50-32(14-34-44-9-11-55(34)37)26(16-43-2)17-46-30-5-6-31(13-30)56-22-28(19-48-56)36-51-33(27-18-47-52(3)21-27)15-35-45-8-10-54(35)36/h8-11,14-23,30-31H,4-7,12-13,24-25H2,1-3H3,(H,43,44,46)/p+1. The molecule has 2 unspecified atom stereocenters. The summed E-state index contributed by atoms with van der Waals surface area (Å²) in [6, 6.07) is 4.09. The van der Waals surface area contributed by atoms with Gasteiger partial charge in [0.15, 0.2) is 5.82 Å². The first kappa shape index (κ1) is 40.2. The van der Waals surface area contributed by atoms with Gasteiger partial charge < -0.3 is 10.1 Å². The number of aliphatic imine (C=N–C) groups is 1. The topological polar surface area (TPSA) is 187 Å². The summed E-state index contributed by atoms with van der Waals surface area (Å²) in [6.45, 7) is 1.71. The number of alkyl halides is 3. The molecule has 2 N–H and O–H groups in total. The van der Waals surface area contributed by atoms with Gasteiger partial charge in [0.2, 0.25) is 11.7 Å². The molecule has 61 heavy (non-hydrogen) atoms. The normalized spacial score (nSPS) is 18.8. The van der Waals surface area contributed by atoms with Gasteiger partial charge in [0, 0.05) is 106 Å². The van der Waals surface area contributed by atoms with E-state index in [1.807, 2.05) is 70.6 Å². The Morgan fingerprint density at radius 2 is 1.77 bits per heavy atom. The van der Waals surface area contributed by atoms with Crippen molar-refractivity contribution in [1.82, 2.24) is 63.0 Å². The summed E-state index contributed by atoms with van der Waals surface area (Å²) < 4.78 is 79.9. The van der Waals surface area contributed by atoms with Crippen LogP contribution in [0.25, 0.3) is 50.9 Å². The molecule has 1 saturated carbocycles. The number of fused-ring (bicyclic) bond motifs is 2. The van der Waals surface area contributed by atoms with Crippen LogP contribution < -0.4 is 10.00 Å². The Kier molecular flexibility index (Phi) is 10.3. The molecule has 7 aromatic heterocycles. The molecule has 1 saturated heterocycles. The Morgan fingerprint density at radius 1 is 1.03 bits per heavy atom. The molecule has 2 aliphatic rings. The highest BCUT2D eigenvalue weighted by Crippen LogP contribution is 2.37. The Hall–Kier alpha value is -6.26. The first-order valence-electron chi connectivity index (χ1n) is 19.7. The fourth-order valence-electron chi connectivity index (χ4n) is 8.14. The third-order valence-corrected chi connectivity index (χ3v) is 12.9. The van der Waals surface area contributed by atoms with Crippen molar-refractivity contribution >= 4 is 33.1 Å². The van der Waals surface area contributed by atoms with Crippen LogP contribution in [-0.2, 0) is 27.3 Å². The number of sulfonamides is 1. The summed E-state index contributed by atoms with van der Waals surface area (Å²) in [5.74, 6) is 1.25. The van der Waals surface area contributed by atoms with E-state index in [2.05, 4.69) is 30.5 Å². The smallest absolute Gasteiger partial charge is 0.387 e. The predicted molar refractivity (Wildman–Crippen MR) is 217 cm³/mol. The van der Waals surface area contributed by atoms with E-state index in [1.165, 1.54) is 0 Å². The van der Waals surface area contributed by atoms with Gasteiger partial charge in [-0.2, -0.15) is 32.8 Å². The van der Waals surface area contributed by atoms with Gasteiger partial charge in [0.05, 0.1) is 61.3 Å². The van der Waals surface area contributed by atoms with Gasteiger partial charge in [-0.25, -0.2) is 28.4 Å².